The first kappa shape index (κ1) is 14.4. The van der Waals surface area contributed by atoms with Crippen LogP contribution in [0.5, 0.6) is 0 Å². The number of carbonyl (C=O) groups is 1. The Labute approximate surface area is 103 Å². The molecule has 1 rings (SSSR count). The van der Waals surface area contributed by atoms with E-state index in [0.717, 1.165) is 6.42 Å². The lowest BCUT2D eigenvalue weighted by Gasteiger charge is -2.34. The maximum absolute atomic E-state index is 11.1. The second kappa shape index (κ2) is 7.63. The van der Waals surface area contributed by atoms with Crippen LogP contribution in [0.25, 0.3) is 0 Å². The molecule has 0 saturated heterocycles. The summed E-state index contributed by atoms with van der Waals surface area (Å²) in [6.45, 7) is 3.01. The Balaban J connectivity index is 2.41. The summed E-state index contributed by atoms with van der Waals surface area (Å²) in [5, 5.41) is 9.13. The predicted octanol–water partition coefficient (Wildman–Crippen LogP) is 0.382. The monoisotopic (exact) mass is 243 g/mol. The fourth-order valence-electron chi connectivity index (χ4n) is 2.69. The van der Waals surface area contributed by atoms with Gasteiger partial charge >= 0.3 is 0 Å². The average Bonchev–Trinajstić information content (AvgIpc) is 2.86. The van der Waals surface area contributed by atoms with E-state index in [1.54, 1.807) is 0 Å². The van der Waals surface area contributed by atoms with E-state index in [0.29, 0.717) is 25.0 Å². The topological polar surface area (TPSA) is 78.6 Å². The molecule has 0 spiro atoms. The molecule has 5 heteroatoms. The standard InChI is InChI=1S/C12H25N3O2/c1-10(6-7-12(17)14-13)15(8-9-16)11-4-2-3-5-11/h10-11,16H,2-9,13H2,1H3,(H,14,17). The zero-order chi connectivity index (χ0) is 12.7. The van der Waals surface area contributed by atoms with Crippen LogP contribution in [0.3, 0.4) is 0 Å². The molecular formula is C12H25N3O2. The van der Waals surface area contributed by atoms with Crippen LogP contribution in [0.15, 0.2) is 0 Å². The molecule has 1 unspecified atom stereocenters. The van der Waals surface area contributed by atoms with Gasteiger partial charge in [-0.1, -0.05) is 12.8 Å². The van der Waals surface area contributed by atoms with Crippen LogP contribution in [-0.2, 0) is 4.79 Å². The molecule has 17 heavy (non-hydrogen) atoms. The number of hydrogen-bond acceptors (Lipinski definition) is 4. The van der Waals surface area contributed by atoms with Crippen molar-refractivity contribution in [1.29, 1.82) is 0 Å². The summed E-state index contributed by atoms with van der Waals surface area (Å²) in [6, 6.07) is 0.903. The van der Waals surface area contributed by atoms with Gasteiger partial charge in [-0.05, 0) is 26.2 Å². The van der Waals surface area contributed by atoms with Gasteiger partial charge in [-0.3, -0.25) is 15.1 Å². The summed E-state index contributed by atoms with van der Waals surface area (Å²) in [6.07, 6.45) is 6.23. The van der Waals surface area contributed by atoms with E-state index < -0.39 is 0 Å². The van der Waals surface area contributed by atoms with Crippen molar-refractivity contribution in [3.05, 3.63) is 0 Å². The number of aliphatic hydroxyl groups is 1. The molecule has 0 aromatic rings. The molecule has 5 nitrogen and oxygen atoms in total. The van der Waals surface area contributed by atoms with Gasteiger partial charge in [-0.2, -0.15) is 0 Å². The third-order valence-electron chi connectivity index (χ3n) is 3.67. The SMILES string of the molecule is CC(CCC(=O)NN)N(CCO)C1CCCC1. The van der Waals surface area contributed by atoms with Gasteiger partial charge in [0, 0.05) is 25.0 Å². The molecule has 0 aromatic carbocycles. The van der Waals surface area contributed by atoms with Crippen molar-refractivity contribution in [2.75, 3.05) is 13.2 Å². The van der Waals surface area contributed by atoms with Crippen molar-refractivity contribution in [3.8, 4) is 0 Å². The molecule has 1 saturated carbocycles. The van der Waals surface area contributed by atoms with Crippen LogP contribution in [0.4, 0.5) is 0 Å². The normalized spacial score (nSPS) is 18.6. The van der Waals surface area contributed by atoms with E-state index in [2.05, 4.69) is 17.2 Å². The Morgan fingerprint density at radius 1 is 1.53 bits per heavy atom. The molecule has 1 atom stereocenters. The molecule has 0 heterocycles. The molecule has 0 bridgehead atoms. The van der Waals surface area contributed by atoms with Crippen LogP contribution < -0.4 is 11.3 Å². The zero-order valence-corrected chi connectivity index (χ0v) is 10.7. The Morgan fingerprint density at radius 2 is 2.18 bits per heavy atom. The second-order valence-electron chi connectivity index (χ2n) is 4.85. The highest BCUT2D eigenvalue weighted by molar-refractivity contribution is 5.75. The Morgan fingerprint density at radius 3 is 2.71 bits per heavy atom. The van der Waals surface area contributed by atoms with Gasteiger partial charge in [-0.25, -0.2) is 5.84 Å². The highest BCUT2D eigenvalue weighted by Crippen LogP contribution is 2.25. The minimum absolute atomic E-state index is 0.118. The molecule has 4 N–H and O–H groups in total. The molecule has 1 fully saturated rings. The van der Waals surface area contributed by atoms with E-state index in [4.69, 9.17) is 10.9 Å². The average molecular weight is 243 g/mol. The Hall–Kier alpha value is -0.650. The number of hydrogen-bond donors (Lipinski definition) is 3. The highest BCUT2D eigenvalue weighted by atomic mass is 16.3. The number of nitrogens with two attached hydrogens (primary N) is 1. The van der Waals surface area contributed by atoms with E-state index >= 15 is 0 Å². The summed E-state index contributed by atoms with van der Waals surface area (Å²) in [4.78, 5) is 13.5. The summed E-state index contributed by atoms with van der Waals surface area (Å²) in [5.74, 6) is 4.94. The number of rotatable bonds is 7. The van der Waals surface area contributed by atoms with Crippen molar-refractivity contribution in [1.82, 2.24) is 10.3 Å². The van der Waals surface area contributed by atoms with Crippen LogP contribution in [0.1, 0.15) is 45.4 Å². The Bertz CT molecular complexity index is 230. The van der Waals surface area contributed by atoms with Gasteiger partial charge < -0.3 is 5.11 Å². The van der Waals surface area contributed by atoms with Crippen molar-refractivity contribution in [2.45, 2.75) is 57.5 Å². The minimum Gasteiger partial charge on any atom is -0.395 e. The molecule has 0 aliphatic heterocycles. The molecular weight excluding hydrogens is 218 g/mol. The van der Waals surface area contributed by atoms with Crippen molar-refractivity contribution < 1.29 is 9.90 Å². The van der Waals surface area contributed by atoms with E-state index in [-0.39, 0.29) is 12.5 Å². The fraction of sp³-hybridized carbons (Fsp3) is 0.917. The highest BCUT2D eigenvalue weighted by Gasteiger charge is 2.26. The number of nitrogens with zero attached hydrogens (tertiary/aromatic N) is 1. The van der Waals surface area contributed by atoms with Crippen molar-refractivity contribution in [3.63, 3.8) is 0 Å². The molecule has 0 radical (unpaired) electrons. The maximum Gasteiger partial charge on any atom is 0.233 e. The largest absolute Gasteiger partial charge is 0.395 e. The first-order chi connectivity index (χ1) is 8.19. The molecule has 100 valence electrons. The summed E-state index contributed by atoms with van der Waals surface area (Å²) >= 11 is 0. The number of aliphatic hydroxyl groups excluding tert-OH is 1. The first-order valence-corrected chi connectivity index (χ1v) is 6.55. The van der Waals surface area contributed by atoms with Crippen LogP contribution in [-0.4, -0.2) is 41.1 Å². The van der Waals surface area contributed by atoms with Gasteiger partial charge in [0.2, 0.25) is 5.91 Å². The fourth-order valence-corrected chi connectivity index (χ4v) is 2.69. The van der Waals surface area contributed by atoms with E-state index in [1.807, 2.05) is 0 Å². The summed E-state index contributed by atoms with van der Waals surface area (Å²) < 4.78 is 0. The quantitative estimate of drug-likeness (QED) is 0.343. The molecule has 0 aromatic heterocycles. The summed E-state index contributed by atoms with van der Waals surface area (Å²) in [5.41, 5.74) is 2.15. The van der Waals surface area contributed by atoms with Gasteiger partial charge in [0.25, 0.3) is 0 Å². The van der Waals surface area contributed by atoms with Gasteiger partial charge in [-0.15, -0.1) is 0 Å². The lowest BCUT2D eigenvalue weighted by atomic mass is 10.1. The van der Waals surface area contributed by atoms with Crippen LogP contribution in [0.2, 0.25) is 0 Å². The van der Waals surface area contributed by atoms with Crippen LogP contribution in [0, 0.1) is 0 Å². The smallest absolute Gasteiger partial charge is 0.233 e. The number of amides is 1. The second-order valence-corrected chi connectivity index (χ2v) is 4.85. The minimum atomic E-state index is -0.118. The predicted molar refractivity (Wildman–Crippen MR) is 67.1 cm³/mol. The first-order valence-electron chi connectivity index (χ1n) is 6.55. The van der Waals surface area contributed by atoms with E-state index in [1.165, 1.54) is 25.7 Å². The maximum atomic E-state index is 11.1. The molecule has 1 aliphatic rings. The van der Waals surface area contributed by atoms with Crippen molar-refractivity contribution >= 4 is 5.91 Å². The van der Waals surface area contributed by atoms with E-state index in [9.17, 15) is 4.79 Å². The lowest BCUT2D eigenvalue weighted by Crippen LogP contribution is -2.43. The molecule has 1 amide bonds. The number of carbonyl (C=O) groups excluding carboxylic acids is 1. The van der Waals surface area contributed by atoms with Gasteiger partial charge in [0.1, 0.15) is 0 Å². The van der Waals surface area contributed by atoms with Crippen LogP contribution >= 0.6 is 0 Å². The summed E-state index contributed by atoms with van der Waals surface area (Å²) in [7, 11) is 0. The number of hydrazine groups is 1. The molecule has 1 aliphatic carbocycles. The lowest BCUT2D eigenvalue weighted by molar-refractivity contribution is -0.121. The Kier molecular flexibility index (Phi) is 6.47. The zero-order valence-electron chi connectivity index (χ0n) is 10.7. The van der Waals surface area contributed by atoms with Gasteiger partial charge in [0.15, 0.2) is 0 Å². The van der Waals surface area contributed by atoms with Crippen molar-refractivity contribution in [2.24, 2.45) is 5.84 Å². The number of nitrogens with one attached hydrogen (secondary N) is 1. The third-order valence-corrected chi connectivity index (χ3v) is 3.67. The van der Waals surface area contributed by atoms with Gasteiger partial charge in [0.05, 0.1) is 6.61 Å². The third kappa shape index (κ3) is 4.61.